The predicted molar refractivity (Wildman–Crippen MR) is 81.0 cm³/mol. The van der Waals surface area contributed by atoms with Gasteiger partial charge in [0.1, 0.15) is 11.7 Å². The quantitative estimate of drug-likeness (QED) is 0.572. The second kappa shape index (κ2) is 7.13. The minimum atomic E-state index is -1.29. The number of esters is 1. The number of methoxy groups -OCH3 is 1. The molecule has 0 radical (unpaired) electrons. The van der Waals surface area contributed by atoms with E-state index in [2.05, 4.69) is 10.1 Å². The van der Waals surface area contributed by atoms with E-state index in [1.807, 2.05) is 0 Å². The standard InChI is InChI=1S/C15H22N2O5/c1-15(2,3)22-14(20)17-11(13(19)21-4)12(18)9-5-7-10(16)8-6-9/h5-8,11-12,18H,16H2,1-4H3,(H,17,20)/t11-,12+/m0/s1. The van der Waals surface area contributed by atoms with E-state index in [0.717, 1.165) is 0 Å². The number of nitrogen functional groups attached to an aromatic ring is 1. The SMILES string of the molecule is COC(=O)[C@@H](NC(=O)OC(C)(C)C)[C@H](O)c1ccc(N)cc1. The van der Waals surface area contributed by atoms with Crippen LogP contribution >= 0.6 is 0 Å². The molecule has 0 heterocycles. The Bertz CT molecular complexity index is 522. The Morgan fingerprint density at radius 2 is 1.77 bits per heavy atom. The summed E-state index contributed by atoms with van der Waals surface area (Å²) in [6.45, 7) is 5.07. The molecule has 1 aromatic rings. The van der Waals surface area contributed by atoms with E-state index in [-0.39, 0.29) is 0 Å². The normalized spacial score (nSPS) is 13.9. The molecule has 0 bridgehead atoms. The first-order valence-corrected chi connectivity index (χ1v) is 6.75. The van der Waals surface area contributed by atoms with Crippen molar-refractivity contribution in [1.29, 1.82) is 0 Å². The fraction of sp³-hybridized carbons (Fsp3) is 0.467. The lowest BCUT2D eigenvalue weighted by atomic mass is 10.0. The van der Waals surface area contributed by atoms with E-state index in [1.165, 1.54) is 7.11 Å². The second-order valence-corrected chi connectivity index (χ2v) is 5.76. The van der Waals surface area contributed by atoms with E-state index in [0.29, 0.717) is 11.3 Å². The van der Waals surface area contributed by atoms with Crippen molar-refractivity contribution in [1.82, 2.24) is 5.32 Å². The van der Waals surface area contributed by atoms with Gasteiger partial charge in [-0.3, -0.25) is 0 Å². The van der Waals surface area contributed by atoms with Crippen LogP contribution in [0.3, 0.4) is 0 Å². The Kier molecular flexibility index (Phi) is 5.76. The number of amides is 1. The second-order valence-electron chi connectivity index (χ2n) is 5.76. The van der Waals surface area contributed by atoms with Gasteiger partial charge in [-0.25, -0.2) is 9.59 Å². The van der Waals surface area contributed by atoms with Crippen LogP contribution in [-0.2, 0) is 14.3 Å². The smallest absolute Gasteiger partial charge is 0.408 e. The highest BCUT2D eigenvalue weighted by atomic mass is 16.6. The molecule has 122 valence electrons. The lowest BCUT2D eigenvalue weighted by Crippen LogP contribution is -2.47. The number of carbonyl (C=O) groups is 2. The van der Waals surface area contributed by atoms with Gasteiger partial charge in [0.15, 0.2) is 6.04 Å². The molecule has 2 atom stereocenters. The molecular weight excluding hydrogens is 288 g/mol. The maximum absolute atomic E-state index is 11.8. The van der Waals surface area contributed by atoms with Crippen LogP contribution in [0.4, 0.5) is 10.5 Å². The van der Waals surface area contributed by atoms with E-state index in [1.54, 1.807) is 45.0 Å². The zero-order valence-electron chi connectivity index (χ0n) is 13.1. The van der Waals surface area contributed by atoms with Crippen LogP contribution in [-0.4, -0.2) is 35.9 Å². The van der Waals surface area contributed by atoms with Gasteiger partial charge in [0.2, 0.25) is 0 Å². The van der Waals surface area contributed by atoms with Gasteiger partial charge in [-0.15, -0.1) is 0 Å². The van der Waals surface area contributed by atoms with Crippen molar-refractivity contribution in [3.05, 3.63) is 29.8 Å². The van der Waals surface area contributed by atoms with Gasteiger partial charge in [-0.2, -0.15) is 0 Å². The molecule has 7 nitrogen and oxygen atoms in total. The maximum atomic E-state index is 11.8. The summed E-state index contributed by atoms with van der Waals surface area (Å²) in [5.41, 5.74) is 5.79. The number of rotatable bonds is 4. The van der Waals surface area contributed by atoms with Crippen LogP contribution in [0.1, 0.15) is 32.4 Å². The molecule has 1 amide bonds. The van der Waals surface area contributed by atoms with Gasteiger partial charge < -0.3 is 25.6 Å². The molecule has 0 aliphatic rings. The lowest BCUT2D eigenvalue weighted by Gasteiger charge is -2.25. The molecule has 7 heteroatoms. The predicted octanol–water partition coefficient (Wildman–Crippen LogP) is 1.37. The van der Waals surface area contributed by atoms with Gasteiger partial charge in [0, 0.05) is 5.69 Å². The number of carbonyl (C=O) groups excluding carboxylic acids is 2. The molecule has 1 aromatic carbocycles. The highest BCUT2D eigenvalue weighted by Crippen LogP contribution is 2.20. The van der Waals surface area contributed by atoms with Crippen LogP contribution in [0, 0.1) is 0 Å². The zero-order chi connectivity index (χ0) is 16.9. The van der Waals surface area contributed by atoms with Gasteiger partial charge in [0.05, 0.1) is 7.11 Å². The molecule has 0 aromatic heterocycles. The number of hydrogen-bond donors (Lipinski definition) is 3. The topological polar surface area (TPSA) is 111 Å². The van der Waals surface area contributed by atoms with Crippen molar-refractivity contribution < 1.29 is 24.2 Å². The van der Waals surface area contributed by atoms with Gasteiger partial charge in [-0.1, -0.05) is 12.1 Å². The Labute approximate surface area is 129 Å². The third-order valence-corrected chi connectivity index (χ3v) is 2.72. The third kappa shape index (κ3) is 5.25. The molecule has 0 saturated heterocycles. The number of anilines is 1. The number of alkyl carbamates (subject to hydrolysis) is 1. The number of aliphatic hydroxyl groups is 1. The van der Waals surface area contributed by atoms with Crippen molar-refractivity contribution in [3.8, 4) is 0 Å². The summed E-state index contributed by atoms with van der Waals surface area (Å²) in [6.07, 6.45) is -2.11. The Hall–Kier alpha value is -2.28. The molecule has 0 fully saturated rings. The molecule has 0 aliphatic heterocycles. The van der Waals surface area contributed by atoms with E-state index < -0.39 is 29.8 Å². The average Bonchev–Trinajstić information content (AvgIpc) is 2.42. The fourth-order valence-electron chi connectivity index (χ4n) is 1.71. The lowest BCUT2D eigenvalue weighted by molar-refractivity contribution is -0.146. The minimum Gasteiger partial charge on any atom is -0.467 e. The van der Waals surface area contributed by atoms with E-state index >= 15 is 0 Å². The van der Waals surface area contributed by atoms with Crippen molar-refractivity contribution >= 4 is 17.7 Å². The Morgan fingerprint density at radius 3 is 2.23 bits per heavy atom. The van der Waals surface area contributed by atoms with E-state index in [4.69, 9.17) is 10.5 Å². The molecule has 0 aliphatic carbocycles. The average molecular weight is 310 g/mol. The maximum Gasteiger partial charge on any atom is 0.408 e. The summed E-state index contributed by atoms with van der Waals surface area (Å²) < 4.78 is 9.69. The fourth-order valence-corrected chi connectivity index (χ4v) is 1.71. The van der Waals surface area contributed by atoms with Crippen molar-refractivity contribution in [3.63, 3.8) is 0 Å². The number of benzene rings is 1. The molecule has 4 N–H and O–H groups in total. The zero-order valence-corrected chi connectivity index (χ0v) is 13.1. The summed E-state index contributed by atoms with van der Waals surface area (Å²) in [5.74, 6) is -0.782. The first kappa shape index (κ1) is 17.8. The first-order valence-electron chi connectivity index (χ1n) is 6.75. The van der Waals surface area contributed by atoms with Crippen molar-refractivity contribution in [2.75, 3.05) is 12.8 Å². The van der Waals surface area contributed by atoms with Crippen LogP contribution in [0.15, 0.2) is 24.3 Å². The molecular formula is C15H22N2O5. The highest BCUT2D eigenvalue weighted by Gasteiger charge is 2.32. The number of nitrogens with one attached hydrogen (secondary N) is 1. The summed E-state index contributed by atoms with van der Waals surface area (Å²) in [5, 5.41) is 12.6. The number of ether oxygens (including phenoxy) is 2. The van der Waals surface area contributed by atoms with Gasteiger partial charge >= 0.3 is 12.1 Å². The number of hydrogen-bond acceptors (Lipinski definition) is 6. The molecule has 0 unspecified atom stereocenters. The molecule has 22 heavy (non-hydrogen) atoms. The summed E-state index contributed by atoms with van der Waals surface area (Å²) in [7, 11) is 1.17. The number of nitrogens with two attached hydrogens (primary N) is 1. The van der Waals surface area contributed by atoms with Crippen LogP contribution < -0.4 is 11.1 Å². The molecule has 1 rings (SSSR count). The summed E-state index contributed by atoms with van der Waals surface area (Å²) in [6, 6.07) is 5.00. The van der Waals surface area contributed by atoms with Crippen LogP contribution in [0.2, 0.25) is 0 Å². The number of aliphatic hydroxyl groups excluding tert-OH is 1. The van der Waals surface area contributed by atoms with Crippen molar-refractivity contribution in [2.24, 2.45) is 0 Å². The van der Waals surface area contributed by atoms with Gasteiger partial charge in [0.25, 0.3) is 0 Å². The molecule has 0 spiro atoms. The van der Waals surface area contributed by atoms with Gasteiger partial charge in [-0.05, 0) is 38.5 Å². The van der Waals surface area contributed by atoms with Crippen LogP contribution in [0.5, 0.6) is 0 Å². The Morgan fingerprint density at radius 1 is 1.23 bits per heavy atom. The third-order valence-electron chi connectivity index (χ3n) is 2.72. The summed E-state index contributed by atoms with van der Waals surface area (Å²) in [4.78, 5) is 23.6. The van der Waals surface area contributed by atoms with Crippen LogP contribution in [0.25, 0.3) is 0 Å². The molecule has 0 saturated carbocycles. The summed E-state index contributed by atoms with van der Waals surface area (Å²) >= 11 is 0. The minimum absolute atomic E-state index is 0.417. The monoisotopic (exact) mass is 310 g/mol. The Balaban J connectivity index is 2.90. The largest absolute Gasteiger partial charge is 0.467 e. The van der Waals surface area contributed by atoms with Crippen molar-refractivity contribution in [2.45, 2.75) is 38.5 Å². The first-order chi connectivity index (χ1) is 10.1. The highest BCUT2D eigenvalue weighted by molar-refractivity contribution is 5.82. The van der Waals surface area contributed by atoms with E-state index in [9.17, 15) is 14.7 Å².